The van der Waals surface area contributed by atoms with Crippen molar-refractivity contribution in [3.63, 3.8) is 0 Å². The van der Waals surface area contributed by atoms with Crippen LogP contribution in [0.3, 0.4) is 0 Å². The summed E-state index contributed by atoms with van der Waals surface area (Å²) in [7, 11) is 0. The molecule has 3 fully saturated rings. The number of hydrogen-bond acceptors (Lipinski definition) is 3. The first-order valence-corrected chi connectivity index (χ1v) is 9.08. The Hall–Kier alpha value is -0.830. The molecular formula is C19H28O3. The molecule has 2 saturated carbocycles. The SMILES string of the molecule is CC1CCCC(OC2OC(=O)C3C4=CCC(C4)C23C(C)C)C1. The second kappa shape index (κ2) is 5.09. The maximum atomic E-state index is 12.5. The van der Waals surface area contributed by atoms with E-state index in [1.54, 1.807) is 0 Å². The maximum Gasteiger partial charge on any atom is 0.316 e. The molecule has 0 N–H and O–H groups in total. The average Bonchev–Trinajstić information content (AvgIpc) is 3.11. The minimum Gasteiger partial charge on any atom is -0.435 e. The molecule has 1 aliphatic heterocycles. The van der Waals surface area contributed by atoms with E-state index in [2.05, 4.69) is 26.8 Å². The second-order valence-electron chi connectivity index (χ2n) is 8.30. The van der Waals surface area contributed by atoms with Crippen molar-refractivity contribution in [2.75, 3.05) is 0 Å². The van der Waals surface area contributed by atoms with Crippen molar-refractivity contribution in [1.82, 2.24) is 0 Å². The van der Waals surface area contributed by atoms with E-state index in [-0.39, 0.29) is 29.7 Å². The monoisotopic (exact) mass is 304 g/mol. The van der Waals surface area contributed by atoms with Crippen LogP contribution < -0.4 is 0 Å². The Kier molecular flexibility index (Phi) is 3.41. The largest absolute Gasteiger partial charge is 0.435 e. The lowest BCUT2D eigenvalue weighted by Gasteiger charge is -2.43. The van der Waals surface area contributed by atoms with Crippen LogP contribution in [0.15, 0.2) is 11.6 Å². The van der Waals surface area contributed by atoms with Crippen molar-refractivity contribution < 1.29 is 14.3 Å². The van der Waals surface area contributed by atoms with Gasteiger partial charge in [0, 0.05) is 0 Å². The lowest BCUT2D eigenvalue weighted by molar-refractivity contribution is -0.217. The van der Waals surface area contributed by atoms with E-state index in [0.717, 1.165) is 31.6 Å². The van der Waals surface area contributed by atoms with Gasteiger partial charge in [-0.05, 0) is 43.4 Å². The van der Waals surface area contributed by atoms with E-state index in [9.17, 15) is 4.79 Å². The number of hydrogen-bond donors (Lipinski definition) is 0. The number of esters is 1. The summed E-state index contributed by atoms with van der Waals surface area (Å²) in [5, 5.41) is 0. The fraction of sp³-hybridized carbons (Fsp3) is 0.842. The van der Waals surface area contributed by atoms with Gasteiger partial charge in [0.25, 0.3) is 0 Å². The first-order valence-electron chi connectivity index (χ1n) is 9.08. The first-order chi connectivity index (χ1) is 10.5. The Balaban J connectivity index is 1.62. The number of cyclic esters (lactones) is 1. The van der Waals surface area contributed by atoms with Gasteiger partial charge in [0.2, 0.25) is 6.29 Å². The van der Waals surface area contributed by atoms with Gasteiger partial charge in [-0.25, -0.2) is 0 Å². The fourth-order valence-corrected chi connectivity index (χ4v) is 5.78. The molecular weight excluding hydrogens is 276 g/mol. The summed E-state index contributed by atoms with van der Waals surface area (Å²) in [6.45, 7) is 6.80. The third kappa shape index (κ3) is 1.87. The van der Waals surface area contributed by atoms with Crippen molar-refractivity contribution >= 4 is 5.97 Å². The van der Waals surface area contributed by atoms with E-state index < -0.39 is 0 Å². The Labute approximate surface area is 133 Å². The minimum absolute atomic E-state index is 0.0303. The van der Waals surface area contributed by atoms with Crippen LogP contribution in [0.5, 0.6) is 0 Å². The second-order valence-corrected chi connectivity index (χ2v) is 8.30. The number of rotatable bonds is 3. The van der Waals surface area contributed by atoms with Gasteiger partial charge >= 0.3 is 5.97 Å². The van der Waals surface area contributed by atoms with Crippen LogP contribution in [-0.4, -0.2) is 18.4 Å². The summed E-state index contributed by atoms with van der Waals surface area (Å²) >= 11 is 0. The average molecular weight is 304 g/mol. The van der Waals surface area contributed by atoms with Crippen molar-refractivity contribution in [3.05, 3.63) is 11.6 Å². The van der Waals surface area contributed by atoms with Crippen LogP contribution in [0.1, 0.15) is 59.3 Å². The highest BCUT2D eigenvalue weighted by Gasteiger charge is 2.69. The van der Waals surface area contributed by atoms with E-state index >= 15 is 0 Å². The van der Waals surface area contributed by atoms with E-state index in [1.165, 1.54) is 18.4 Å². The molecule has 0 aromatic heterocycles. The maximum absolute atomic E-state index is 12.5. The minimum atomic E-state index is -0.323. The molecule has 0 radical (unpaired) electrons. The van der Waals surface area contributed by atoms with Gasteiger partial charge in [-0.2, -0.15) is 0 Å². The summed E-state index contributed by atoms with van der Waals surface area (Å²) < 4.78 is 12.3. The zero-order valence-electron chi connectivity index (χ0n) is 14.0. The smallest absolute Gasteiger partial charge is 0.316 e. The quantitative estimate of drug-likeness (QED) is 0.582. The molecule has 3 nitrogen and oxygen atoms in total. The van der Waals surface area contributed by atoms with Crippen LogP contribution >= 0.6 is 0 Å². The van der Waals surface area contributed by atoms with Gasteiger partial charge in [-0.1, -0.05) is 45.3 Å². The van der Waals surface area contributed by atoms with Crippen molar-refractivity contribution in [2.45, 2.75) is 71.7 Å². The van der Waals surface area contributed by atoms with Gasteiger partial charge in [0.05, 0.1) is 17.4 Å². The standard InChI is InChI=1S/C19H28O3/c1-11(2)19-14-8-7-13(10-14)16(19)17(20)22-18(19)21-15-6-4-5-12(3)9-15/h7,11-12,14-16,18H,4-6,8-10H2,1-3H3. The Morgan fingerprint density at radius 3 is 2.91 bits per heavy atom. The molecule has 3 heteroatoms. The Morgan fingerprint density at radius 2 is 2.18 bits per heavy atom. The molecule has 6 atom stereocenters. The lowest BCUT2D eigenvalue weighted by Crippen LogP contribution is -2.47. The highest BCUT2D eigenvalue weighted by molar-refractivity contribution is 5.81. The molecule has 3 aliphatic carbocycles. The van der Waals surface area contributed by atoms with Gasteiger partial charge in [0.15, 0.2) is 0 Å². The molecule has 4 rings (SSSR count). The van der Waals surface area contributed by atoms with Gasteiger partial charge < -0.3 is 9.47 Å². The van der Waals surface area contributed by atoms with E-state index in [1.807, 2.05) is 0 Å². The predicted octanol–water partition coefficient (Wildman–Crippen LogP) is 4.07. The molecule has 0 spiro atoms. The summed E-state index contributed by atoms with van der Waals surface area (Å²) in [6, 6.07) is 0. The molecule has 22 heavy (non-hydrogen) atoms. The first kappa shape index (κ1) is 14.7. The molecule has 0 aromatic carbocycles. The van der Waals surface area contributed by atoms with Crippen molar-refractivity contribution in [1.29, 1.82) is 0 Å². The summed E-state index contributed by atoms with van der Waals surface area (Å²) in [5.74, 6) is 1.61. The Morgan fingerprint density at radius 1 is 1.36 bits per heavy atom. The molecule has 0 aromatic rings. The predicted molar refractivity (Wildman–Crippen MR) is 84.0 cm³/mol. The van der Waals surface area contributed by atoms with Crippen LogP contribution in [0, 0.1) is 29.1 Å². The van der Waals surface area contributed by atoms with Gasteiger partial charge in [-0.15, -0.1) is 0 Å². The van der Waals surface area contributed by atoms with Gasteiger partial charge in [0.1, 0.15) is 0 Å². The Bertz CT molecular complexity index is 509. The van der Waals surface area contributed by atoms with E-state index in [0.29, 0.717) is 11.8 Å². The number of ether oxygens (including phenoxy) is 2. The molecule has 2 bridgehead atoms. The lowest BCUT2D eigenvalue weighted by atomic mass is 9.62. The van der Waals surface area contributed by atoms with Crippen LogP contribution in [0.4, 0.5) is 0 Å². The zero-order valence-corrected chi connectivity index (χ0v) is 14.0. The van der Waals surface area contributed by atoms with Gasteiger partial charge in [-0.3, -0.25) is 4.79 Å². The highest BCUT2D eigenvalue weighted by Crippen LogP contribution is 2.66. The summed E-state index contributed by atoms with van der Waals surface area (Å²) in [5.41, 5.74) is 1.22. The molecule has 1 saturated heterocycles. The molecule has 0 amide bonds. The fourth-order valence-electron chi connectivity index (χ4n) is 5.78. The van der Waals surface area contributed by atoms with Crippen molar-refractivity contribution in [2.24, 2.45) is 29.1 Å². The normalized spacial score (nSPS) is 46.8. The molecule has 122 valence electrons. The third-order valence-corrected chi connectivity index (χ3v) is 6.80. The van der Waals surface area contributed by atoms with Crippen molar-refractivity contribution in [3.8, 4) is 0 Å². The van der Waals surface area contributed by atoms with Crippen LogP contribution in [0.2, 0.25) is 0 Å². The van der Waals surface area contributed by atoms with Crippen LogP contribution in [-0.2, 0) is 14.3 Å². The van der Waals surface area contributed by atoms with Crippen LogP contribution in [0.25, 0.3) is 0 Å². The third-order valence-electron chi connectivity index (χ3n) is 6.80. The molecule has 1 heterocycles. The topological polar surface area (TPSA) is 35.5 Å². The number of carbonyl (C=O) groups is 1. The summed E-state index contributed by atoms with van der Waals surface area (Å²) in [4.78, 5) is 12.5. The number of allylic oxidation sites excluding steroid dienone is 1. The molecule has 4 aliphatic rings. The number of carbonyl (C=O) groups excluding carboxylic acids is 1. The summed E-state index contributed by atoms with van der Waals surface area (Å²) in [6.07, 6.45) is 9.17. The zero-order chi connectivity index (χ0) is 15.5. The number of fused-ring (bicyclic) bond motifs is 5. The van der Waals surface area contributed by atoms with E-state index in [4.69, 9.17) is 9.47 Å². The molecule has 6 unspecified atom stereocenters. The highest BCUT2D eigenvalue weighted by atomic mass is 16.7.